The smallest absolute Gasteiger partial charge is 0.144 e. The van der Waals surface area contributed by atoms with Crippen LogP contribution in [0.15, 0.2) is 5.16 Å². The van der Waals surface area contributed by atoms with Crippen molar-refractivity contribution in [3.63, 3.8) is 0 Å². The van der Waals surface area contributed by atoms with Gasteiger partial charge in [-0.3, -0.25) is 0 Å². The van der Waals surface area contributed by atoms with Gasteiger partial charge in [0.2, 0.25) is 0 Å². The van der Waals surface area contributed by atoms with E-state index >= 15 is 0 Å². The van der Waals surface area contributed by atoms with Gasteiger partial charge < -0.3 is 15.8 Å². The minimum absolute atomic E-state index is 0.251. The molecule has 4 nitrogen and oxygen atoms in total. The standard InChI is InChI=1S/C13H29N3O/c1-10(2)9-16(11(3)4)8-7-13(5,6)12(14)15-17/h10-11,17H,7-9H2,1-6H3,(H2,14,15). The Morgan fingerprint density at radius 1 is 1.29 bits per heavy atom. The second-order valence-electron chi connectivity index (χ2n) is 6.10. The van der Waals surface area contributed by atoms with Crippen LogP contribution in [0.4, 0.5) is 0 Å². The number of oxime groups is 1. The summed E-state index contributed by atoms with van der Waals surface area (Å²) in [5.41, 5.74) is 5.44. The zero-order chi connectivity index (χ0) is 13.6. The van der Waals surface area contributed by atoms with Crippen LogP contribution in [-0.4, -0.2) is 35.1 Å². The fourth-order valence-corrected chi connectivity index (χ4v) is 1.72. The van der Waals surface area contributed by atoms with Gasteiger partial charge in [0.15, 0.2) is 0 Å². The Labute approximate surface area is 106 Å². The molecule has 0 amide bonds. The summed E-state index contributed by atoms with van der Waals surface area (Å²) in [4.78, 5) is 2.44. The Morgan fingerprint density at radius 3 is 2.18 bits per heavy atom. The highest BCUT2D eigenvalue weighted by Gasteiger charge is 2.25. The molecule has 102 valence electrons. The SMILES string of the molecule is CC(C)CN(CCC(C)(C)C(N)=NO)C(C)C. The number of hydrogen-bond acceptors (Lipinski definition) is 3. The minimum atomic E-state index is -0.251. The van der Waals surface area contributed by atoms with Gasteiger partial charge in [-0.15, -0.1) is 0 Å². The van der Waals surface area contributed by atoms with Crippen LogP contribution in [-0.2, 0) is 0 Å². The Bertz CT molecular complexity index is 247. The molecule has 0 saturated carbocycles. The summed E-state index contributed by atoms with van der Waals surface area (Å²) >= 11 is 0. The van der Waals surface area contributed by atoms with E-state index < -0.39 is 0 Å². The highest BCUT2D eigenvalue weighted by atomic mass is 16.4. The fraction of sp³-hybridized carbons (Fsp3) is 0.923. The lowest BCUT2D eigenvalue weighted by atomic mass is 9.87. The van der Waals surface area contributed by atoms with Gasteiger partial charge in [0.05, 0.1) is 0 Å². The molecule has 0 aliphatic rings. The van der Waals surface area contributed by atoms with Crippen molar-refractivity contribution >= 4 is 5.84 Å². The Morgan fingerprint density at radius 2 is 1.82 bits per heavy atom. The molecule has 0 aliphatic carbocycles. The van der Waals surface area contributed by atoms with E-state index in [1.54, 1.807) is 0 Å². The van der Waals surface area contributed by atoms with Crippen LogP contribution in [0.25, 0.3) is 0 Å². The van der Waals surface area contributed by atoms with Crippen LogP contribution in [0.5, 0.6) is 0 Å². The molecule has 3 N–H and O–H groups in total. The summed E-state index contributed by atoms with van der Waals surface area (Å²) in [7, 11) is 0. The van der Waals surface area contributed by atoms with E-state index in [2.05, 4.69) is 37.8 Å². The second-order valence-corrected chi connectivity index (χ2v) is 6.10. The molecule has 0 heterocycles. The van der Waals surface area contributed by atoms with E-state index in [0.29, 0.717) is 17.8 Å². The third-order valence-electron chi connectivity index (χ3n) is 3.16. The zero-order valence-electron chi connectivity index (χ0n) is 12.2. The molecule has 0 rings (SSSR count). The van der Waals surface area contributed by atoms with Crippen LogP contribution in [0.3, 0.4) is 0 Å². The summed E-state index contributed by atoms with van der Waals surface area (Å²) in [6.45, 7) is 14.9. The molecule has 0 spiro atoms. The quantitative estimate of drug-likeness (QED) is 0.312. The van der Waals surface area contributed by atoms with Crippen LogP contribution < -0.4 is 5.73 Å². The van der Waals surface area contributed by atoms with Crippen molar-refractivity contribution in [2.45, 2.75) is 54.0 Å². The average molecular weight is 243 g/mol. The Kier molecular flexibility index (Phi) is 6.53. The molecule has 0 aromatic heterocycles. The molecule has 0 aromatic rings. The maximum Gasteiger partial charge on any atom is 0.144 e. The number of rotatable bonds is 7. The summed E-state index contributed by atoms with van der Waals surface area (Å²) in [6.07, 6.45) is 0.897. The maximum absolute atomic E-state index is 8.74. The van der Waals surface area contributed by atoms with Crippen LogP contribution in [0, 0.1) is 11.3 Å². The molecular weight excluding hydrogens is 214 g/mol. The Hall–Kier alpha value is -0.770. The van der Waals surface area contributed by atoms with Crippen molar-refractivity contribution in [3.05, 3.63) is 0 Å². The van der Waals surface area contributed by atoms with Crippen molar-refractivity contribution in [1.82, 2.24) is 4.90 Å². The molecule has 0 saturated heterocycles. The third-order valence-corrected chi connectivity index (χ3v) is 3.16. The van der Waals surface area contributed by atoms with Crippen molar-refractivity contribution in [3.8, 4) is 0 Å². The molecule has 0 aromatic carbocycles. The fourth-order valence-electron chi connectivity index (χ4n) is 1.72. The van der Waals surface area contributed by atoms with Gasteiger partial charge in [0, 0.05) is 18.0 Å². The Balaban J connectivity index is 4.40. The molecule has 0 atom stereocenters. The van der Waals surface area contributed by atoms with Crippen LogP contribution >= 0.6 is 0 Å². The molecule has 17 heavy (non-hydrogen) atoms. The largest absolute Gasteiger partial charge is 0.409 e. The zero-order valence-corrected chi connectivity index (χ0v) is 12.2. The summed E-state index contributed by atoms with van der Waals surface area (Å²) in [5.74, 6) is 0.968. The van der Waals surface area contributed by atoms with Gasteiger partial charge >= 0.3 is 0 Å². The molecule has 4 heteroatoms. The van der Waals surface area contributed by atoms with E-state index in [0.717, 1.165) is 19.5 Å². The first-order valence-corrected chi connectivity index (χ1v) is 6.42. The second kappa shape index (κ2) is 6.84. The molecule has 0 bridgehead atoms. The third kappa shape index (κ3) is 5.91. The number of hydrogen-bond donors (Lipinski definition) is 2. The monoisotopic (exact) mass is 243 g/mol. The topological polar surface area (TPSA) is 61.8 Å². The first-order chi connectivity index (χ1) is 7.70. The van der Waals surface area contributed by atoms with E-state index in [4.69, 9.17) is 10.9 Å². The number of amidine groups is 1. The van der Waals surface area contributed by atoms with Crippen LogP contribution in [0.2, 0.25) is 0 Å². The number of nitrogens with two attached hydrogens (primary N) is 1. The van der Waals surface area contributed by atoms with Crippen molar-refractivity contribution < 1.29 is 5.21 Å². The molecule has 0 fully saturated rings. The molecule has 0 radical (unpaired) electrons. The van der Waals surface area contributed by atoms with E-state index in [-0.39, 0.29) is 5.41 Å². The molecular formula is C13H29N3O. The normalized spacial score (nSPS) is 14.1. The lowest BCUT2D eigenvalue weighted by molar-refractivity contribution is 0.179. The highest BCUT2D eigenvalue weighted by Crippen LogP contribution is 2.21. The first kappa shape index (κ1) is 16.2. The number of nitrogens with zero attached hydrogens (tertiary/aromatic N) is 2. The van der Waals surface area contributed by atoms with E-state index in [9.17, 15) is 0 Å². The van der Waals surface area contributed by atoms with Crippen LogP contribution in [0.1, 0.15) is 48.0 Å². The van der Waals surface area contributed by atoms with Crippen molar-refractivity contribution in [2.75, 3.05) is 13.1 Å². The summed E-state index contributed by atoms with van der Waals surface area (Å²) in [5, 5.41) is 11.9. The van der Waals surface area contributed by atoms with Gasteiger partial charge in [-0.25, -0.2) is 0 Å². The first-order valence-electron chi connectivity index (χ1n) is 6.42. The van der Waals surface area contributed by atoms with E-state index in [1.165, 1.54) is 0 Å². The van der Waals surface area contributed by atoms with Crippen molar-refractivity contribution in [2.24, 2.45) is 22.2 Å². The van der Waals surface area contributed by atoms with E-state index in [1.807, 2.05) is 13.8 Å². The van der Waals surface area contributed by atoms with Crippen molar-refractivity contribution in [1.29, 1.82) is 0 Å². The molecule has 0 unspecified atom stereocenters. The highest BCUT2D eigenvalue weighted by molar-refractivity contribution is 5.85. The predicted octanol–water partition coefficient (Wildman–Crippen LogP) is 2.52. The maximum atomic E-state index is 8.74. The predicted molar refractivity (Wildman–Crippen MR) is 73.4 cm³/mol. The lowest BCUT2D eigenvalue weighted by Gasteiger charge is -2.32. The summed E-state index contributed by atoms with van der Waals surface area (Å²) in [6, 6.07) is 0.528. The minimum Gasteiger partial charge on any atom is -0.409 e. The van der Waals surface area contributed by atoms with Gasteiger partial charge in [-0.05, 0) is 32.7 Å². The average Bonchev–Trinajstić information content (AvgIpc) is 2.22. The van der Waals surface area contributed by atoms with Gasteiger partial charge in [-0.2, -0.15) is 0 Å². The molecule has 0 aliphatic heterocycles. The van der Waals surface area contributed by atoms with Gasteiger partial charge in [0.25, 0.3) is 0 Å². The van der Waals surface area contributed by atoms with Gasteiger partial charge in [0.1, 0.15) is 5.84 Å². The lowest BCUT2D eigenvalue weighted by Crippen LogP contribution is -2.40. The summed E-state index contributed by atoms with van der Waals surface area (Å²) < 4.78 is 0. The van der Waals surface area contributed by atoms with Gasteiger partial charge in [-0.1, -0.05) is 32.9 Å².